The van der Waals surface area contributed by atoms with Crippen LogP contribution in [0.15, 0.2) is 30.3 Å². The largest absolute Gasteiger partial charge is 0.394 e. The summed E-state index contributed by atoms with van der Waals surface area (Å²) >= 11 is 0. The first-order chi connectivity index (χ1) is 11.9. The van der Waals surface area contributed by atoms with Crippen LogP contribution in [0.4, 0.5) is 4.79 Å². The van der Waals surface area contributed by atoms with Gasteiger partial charge in [-0.15, -0.1) is 0 Å². The zero-order valence-corrected chi connectivity index (χ0v) is 14.6. The predicted molar refractivity (Wildman–Crippen MR) is 92.7 cm³/mol. The Morgan fingerprint density at radius 3 is 2.56 bits per heavy atom. The van der Waals surface area contributed by atoms with E-state index in [9.17, 15) is 19.5 Å². The normalized spacial score (nSPS) is 18.4. The summed E-state index contributed by atoms with van der Waals surface area (Å²) in [5.41, 5.74) is 1.03. The van der Waals surface area contributed by atoms with Crippen molar-refractivity contribution < 1.29 is 19.5 Å². The molecule has 1 heterocycles. The van der Waals surface area contributed by atoms with Crippen molar-refractivity contribution in [1.29, 1.82) is 0 Å². The Morgan fingerprint density at radius 1 is 1.28 bits per heavy atom. The lowest BCUT2D eigenvalue weighted by atomic mass is 10.0. The summed E-state index contributed by atoms with van der Waals surface area (Å²) < 4.78 is 0. The quantitative estimate of drug-likeness (QED) is 0.602. The molecule has 2 rings (SSSR count). The monoisotopic (exact) mass is 347 g/mol. The predicted octanol–water partition coefficient (Wildman–Crippen LogP) is 0.673. The Bertz CT molecular complexity index is 618. The number of carbonyl (C=O) groups is 3. The second kappa shape index (κ2) is 8.62. The minimum atomic E-state index is -0.852. The highest BCUT2D eigenvalue weighted by atomic mass is 16.3. The molecule has 0 radical (unpaired) electrons. The van der Waals surface area contributed by atoms with E-state index in [2.05, 4.69) is 10.6 Å². The van der Waals surface area contributed by atoms with E-state index in [0.29, 0.717) is 6.42 Å². The third kappa shape index (κ3) is 5.03. The van der Waals surface area contributed by atoms with Crippen LogP contribution in [0.25, 0.3) is 0 Å². The van der Waals surface area contributed by atoms with Crippen molar-refractivity contribution in [2.45, 2.75) is 38.8 Å². The molecule has 0 aromatic heterocycles. The average molecular weight is 347 g/mol. The summed E-state index contributed by atoms with van der Waals surface area (Å²) in [4.78, 5) is 37.6. The van der Waals surface area contributed by atoms with Crippen LogP contribution in [-0.4, -0.2) is 53.1 Å². The summed E-state index contributed by atoms with van der Waals surface area (Å²) in [6.45, 7) is 3.87. The highest BCUT2D eigenvalue weighted by Gasteiger charge is 2.38. The number of nitrogens with zero attached hydrogens (tertiary/aromatic N) is 1. The molecule has 0 unspecified atom stereocenters. The van der Waals surface area contributed by atoms with Crippen LogP contribution in [0.3, 0.4) is 0 Å². The smallest absolute Gasteiger partial charge is 0.324 e. The first-order valence-electron chi connectivity index (χ1n) is 8.48. The maximum Gasteiger partial charge on any atom is 0.324 e. The molecule has 1 aromatic carbocycles. The maximum absolute atomic E-state index is 12.4. The molecule has 0 spiro atoms. The Labute approximate surface area is 147 Å². The number of benzene rings is 1. The van der Waals surface area contributed by atoms with Gasteiger partial charge < -0.3 is 15.7 Å². The Morgan fingerprint density at radius 2 is 1.96 bits per heavy atom. The molecule has 2 atom stereocenters. The highest BCUT2D eigenvalue weighted by Crippen LogP contribution is 2.12. The SMILES string of the molecule is CC(C)[C@@H](CO)NC(=O)C[C@@H]1NC(=O)N(CCc2ccccc2)C1=O. The van der Waals surface area contributed by atoms with Crippen molar-refractivity contribution in [3.63, 3.8) is 0 Å². The molecule has 0 saturated carbocycles. The van der Waals surface area contributed by atoms with Crippen LogP contribution < -0.4 is 10.6 Å². The fourth-order valence-electron chi connectivity index (χ4n) is 2.69. The van der Waals surface area contributed by atoms with Crippen LogP contribution in [0.1, 0.15) is 25.8 Å². The van der Waals surface area contributed by atoms with Crippen molar-refractivity contribution in [1.82, 2.24) is 15.5 Å². The number of aliphatic hydroxyl groups excluding tert-OH is 1. The topological polar surface area (TPSA) is 98.7 Å². The molecule has 7 heteroatoms. The van der Waals surface area contributed by atoms with Crippen LogP contribution >= 0.6 is 0 Å². The molecule has 1 aliphatic rings. The van der Waals surface area contributed by atoms with Gasteiger partial charge in [-0.3, -0.25) is 14.5 Å². The molecule has 1 fully saturated rings. The van der Waals surface area contributed by atoms with Gasteiger partial charge in [0.1, 0.15) is 6.04 Å². The molecule has 25 heavy (non-hydrogen) atoms. The summed E-state index contributed by atoms with van der Waals surface area (Å²) in [5.74, 6) is -0.678. The molecule has 7 nitrogen and oxygen atoms in total. The summed E-state index contributed by atoms with van der Waals surface area (Å²) in [6.07, 6.45) is 0.439. The van der Waals surface area contributed by atoms with Crippen molar-refractivity contribution in [2.75, 3.05) is 13.2 Å². The number of aliphatic hydroxyl groups is 1. The molecular formula is C18H25N3O4. The van der Waals surface area contributed by atoms with Gasteiger partial charge in [0.2, 0.25) is 5.91 Å². The molecule has 1 saturated heterocycles. The number of imide groups is 1. The third-order valence-corrected chi connectivity index (χ3v) is 4.31. The number of nitrogens with one attached hydrogen (secondary N) is 2. The second-order valence-electron chi connectivity index (χ2n) is 6.53. The number of hydrogen-bond acceptors (Lipinski definition) is 4. The van der Waals surface area contributed by atoms with Crippen LogP contribution in [0.5, 0.6) is 0 Å². The van der Waals surface area contributed by atoms with Crippen molar-refractivity contribution in [2.24, 2.45) is 5.92 Å². The van der Waals surface area contributed by atoms with E-state index in [1.54, 1.807) is 0 Å². The summed E-state index contributed by atoms with van der Waals surface area (Å²) in [7, 11) is 0. The molecular weight excluding hydrogens is 322 g/mol. The average Bonchev–Trinajstić information content (AvgIpc) is 2.85. The number of hydrogen-bond donors (Lipinski definition) is 3. The lowest BCUT2D eigenvalue weighted by Crippen LogP contribution is -2.44. The van der Waals surface area contributed by atoms with E-state index in [1.165, 1.54) is 0 Å². The first-order valence-corrected chi connectivity index (χ1v) is 8.48. The van der Waals surface area contributed by atoms with Gasteiger partial charge in [0, 0.05) is 6.54 Å². The van der Waals surface area contributed by atoms with Gasteiger partial charge in [-0.05, 0) is 17.9 Å². The fraction of sp³-hybridized carbons (Fsp3) is 0.500. The molecule has 3 N–H and O–H groups in total. The highest BCUT2D eigenvalue weighted by molar-refractivity contribution is 6.05. The van der Waals surface area contributed by atoms with E-state index < -0.39 is 12.1 Å². The molecule has 136 valence electrons. The van der Waals surface area contributed by atoms with Crippen molar-refractivity contribution >= 4 is 17.8 Å². The van der Waals surface area contributed by atoms with E-state index in [-0.39, 0.29) is 43.3 Å². The molecule has 4 amide bonds. The molecule has 0 aliphatic carbocycles. The zero-order chi connectivity index (χ0) is 18.4. The lowest BCUT2D eigenvalue weighted by molar-refractivity contribution is -0.131. The van der Waals surface area contributed by atoms with Gasteiger partial charge in [0.25, 0.3) is 5.91 Å². The molecule has 0 bridgehead atoms. The van der Waals surface area contributed by atoms with Gasteiger partial charge in [-0.2, -0.15) is 0 Å². The van der Waals surface area contributed by atoms with Gasteiger partial charge in [0.05, 0.1) is 19.1 Å². The van der Waals surface area contributed by atoms with Gasteiger partial charge in [-0.1, -0.05) is 44.2 Å². The molecule has 1 aliphatic heterocycles. The summed E-state index contributed by atoms with van der Waals surface area (Å²) in [6, 6.07) is 7.89. The van der Waals surface area contributed by atoms with E-state index in [4.69, 9.17) is 0 Å². The standard InChI is InChI=1S/C18H25N3O4/c1-12(2)15(11-22)19-16(23)10-14-17(24)21(18(25)20-14)9-8-13-6-4-3-5-7-13/h3-7,12,14-15,22H,8-11H2,1-2H3,(H,19,23)(H,20,25)/t14-,15+/m0/s1. The number of amides is 4. The van der Waals surface area contributed by atoms with Gasteiger partial charge in [-0.25, -0.2) is 4.79 Å². The Hall–Kier alpha value is -2.41. The maximum atomic E-state index is 12.4. The lowest BCUT2D eigenvalue weighted by Gasteiger charge is -2.20. The minimum Gasteiger partial charge on any atom is -0.394 e. The van der Waals surface area contributed by atoms with Gasteiger partial charge in [0.15, 0.2) is 0 Å². The third-order valence-electron chi connectivity index (χ3n) is 4.31. The zero-order valence-electron chi connectivity index (χ0n) is 14.6. The van der Waals surface area contributed by atoms with Crippen molar-refractivity contribution in [3.8, 4) is 0 Å². The summed E-state index contributed by atoms with van der Waals surface area (Å²) in [5, 5.41) is 14.5. The number of rotatable bonds is 8. The van der Waals surface area contributed by atoms with Crippen LogP contribution in [0, 0.1) is 5.92 Å². The fourth-order valence-corrected chi connectivity index (χ4v) is 2.69. The van der Waals surface area contributed by atoms with Gasteiger partial charge >= 0.3 is 6.03 Å². The Kier molecular flexibility index (Phi) is 6.52. The second-order valence-corrected chi connectivity index (χ2v) is 6.53. The van der Waals surface area contributed by atoms with Crippen LogP contribution in [-0.2, 0) is 16.0 Å². The van der Waals surface area contributed by atoms with E-state index in [0.717, 1.165) is 10.5 Å². The number of carbonyl (C=O) groups excluding carboxylic acids is 3. The minimum absolute atomic E-state index is 0.0743. The number of urea groups is 1. The first kappa shape index (κ1) is 18.9. The van der Waals surface area contributed by atoms with Crippen LogP contribution in [0.2, 0.25) is 0 Å². The Balaban J connectivity index is 1.88. The van der Waals surface area contributed by atoms with E-state index >= 15 is 0 Å². The van der Waals surface area contributed by atoms with Crippen molar-refractivity contribution in [3.05, 3.63) is 35.9 Å². The van der Waals surface area contributed by atoms with E-state index in [1.807, 2.05) is 44.2 Å². The molecule has 1 aromatic rings.